The van der Waals surface area contributed by atoms with E-state index >= 15 is 0 Å². The van der Waals surface area contributed by atoms with Crippen molar-refractivity contribution in [2.75, 3.05) is 18.8 Å². The van der Waals surface area contributed by atoms with Crippen LogP contribution in [0.4, 0.5) is 0 Å². The predicted octanol–water partition coefficient (Wildman–Crippen LogP) is -1.20. The second-order valence-corrected chi connectivity index (χ2v) is 3.19. The highest BCUT2D eigenvalue weighted by Gasteiger charge is 1.93. The van der Waals surface area contributed by atoms with Crippen molar-refractivity contribution in [3.05, 3.63) is 0 Å². The van der Waals surface area contributed by atoms with E-state index in [2.05, 4.69) is 0 Å². The Kier molecular flexibility index (Phi) is 8.68. The molecule has 0 saturated carbocycles. The monoisotopic (exact) mass is 170 g/mol. The van der Waals surface area contributed by atoms with Gasteiger partial charge in [0.25, 0.3) is 10.1 Å². The zero-order valence-corrected chi connectivity index (χ0v) is 6.76. The summed E-state index contributed by atoms with van der Waals surface area (Å²) in [6.07, 6.45) is 0. The molecule has 6 heteroatoms. The first-order valence-electron chi connectivity index (χ1n) is 2.83. The van der Waals surface area contributed by atoms with Crippen molar-refractivity contribution in [3.8, 4) is 0 Å². The van der Waals surface area contributed by atoms with E-state index < -0.39 is 10.1 Å². The van der Waals surface area contributed by atoms with Gasteiger partial charge in [0.1, 0.15) is 0 Å². The molecule has 0 unspecified atom stereocenters. The largest absolute Gasteiger partial charge is 0.329 e. The van der Waals surface area contributed by atoms with Gasteiger partial charge in [-0.25, -0.2) is 0 Å². The third-order valence-corrected chi connectivity index (χ3v) is 1.26. The molecule has 0 amide bonds. The minimum atomic E-state index is -3.66. The van der Waals surface area contributed by atoms with Crippen molar-refractivity contribution < 1.29 is 13.0 Å². The van der Waals surface area contributed by atoms with Crippen molar-refractivity contribution in [1.29, 1.82) is 0 Å². The van der Waals surface area contributed by atoms with Gasteiger partial charge in [-0.2, -0.15) is 8.42 Å². The summed E-state index contributed by atoms with van der Waals surface area (Å²) < 4.78 is 26.9. The highest BCUT2D eigenvalue weighted by Crippen LogP contribution is 1.74. The van der Waals surface area contributed by atoms with Crippen LogP contribution in [0.25, 0.3) is 0 Å². The summed E-state index contributed by atoms with van der Waals surface area (Å²) >= 11 is 0. The molecule has 5 N–H and O–H groups in total. The second-order valence-electron chi connectivity index (χ2n) is 1.45. The van der Waals surface area contributed by atoms with Crippen LogP contribution in [0.5, 0.6) is 0 Å². The molecular weight excluding hydrogens is 156 g/mol. The maximum atomic E-state index is 9.56. The van der Waals surface area contributed by atoms with Crippen molar-refractivity contribution in [2.45, 2.75) is 6.92 Å². The second kappa shape index (κ2) is 6.94. The molecule has 0 aromatic carbocycles. The summed E-state index contributed by atoms with van der Waals surface area (Å²) in [4.78, 5) is 0. The van der Waals surface area contributed by atoms with Crippen molar-refractivity contribution >= 4 is 10.1 Å². The first-order chi connectivity index (χ1) is 4.47. The third-order valence-electron chi connectivity index (χ3n) is 0.531. The Balaban J connectivity index is 0. The molecule has 0 aromatic rings. The van der Waals surface area contributed by atoms with Gasteiger partial charge in [-0.15, -0.1) is 0 Å². The van der Waals surface area contributed by atoms with Crippen LogP contribution in [0.1, 0.15) is 6.92 Å². The molecule has 0 aliphatic carbocycles. The van der Waals surface area contributed by atoms with Crippen molar-refractivity contribution in [2.24, 2.45) is 11.5 Å². The lowest BCUT2D eigenvalue weighted by Crippen LogP contribution is -2.11. The number of hydrogen-bond acceptors (Lipinski definition) is 4. The summed E-state index contributed by atoms with van der Waals surface area (Å²) in [5.74, 6) is -0.201. The molecule has 10 heavy (non-hydrogen) atoms. The molecule has 0 bridgehead atoms. The lowest BCUT2D eigenvalue weighted by Gasteiger charge is -1.79. The fourth-order valence-corrected chi connectivity index (χ4v) is 0. The normalized spacial score (nSPS) is 10.0. The van der Waals surface area contributed by atoms with E-state index in [1.54, 1.807) is 0 Å². The summed E-state index contributed by atoms with van der Waals surface area (Å²) in [5.41, 5.74) is 9.81. The van der Waals surface area contributed by atoms with Gasteiger partial charge in [0.2, 0.25) is 0 Å². The van der Waals surface area contributed by atoms with E-state index in [1.807, 2.05) is 0 Å². The third kappa shape index (κ3) is 24.9. The zero-order valence-electron chi connectivity index (χ0n) is 5.95. The molecule has 0 atom stereocenters. The maximum absolute atomic E-state index is 9.56. The smallest absolute Gasteiger partial charge is 0.264 e. The molecule has 0 spiro atoms. The van der Waals surface area contributed by atoms with Gasteiger partial charge in [-0.3, -0.25) is 4.55 Å². The average Bonchev–Trinajstić information content (AvgIpc) is 1.87. The van der Waals surface area contributed by atoms with Gasteiger partial charge in [-0.05, 0) is 6.92 Å². The lowest BCUT2D eigenvalue weighted by atomic mass is 10.7. The Labute approximate surface area is 61.1 Å². The zero-order chi connectivity index (χ0) is 8.62. The van der Waals surface area contributed by atoms with Crippen LogP contribution in [-0.2, 0) is 10.1 Å². The van der Waals surface area contributed by atoms with Gasteiger partial charge >= 0.3 is 0 Å². The van der Waals surface area contributed by atoms with E-state index in [9.17, 15) is 8.42 Å². The molecular formula is C4H14N2O3S. The Bertz CT molecular complexity index is 141. The van der Waals surface area contributed by atoms with Gasteiger partial charge in [0.05, 0.1) is 5.75 Å². The molecule has 0 saturated heterocycles. The Morgan fingerprint density at radius 2 is 1.50 bits per heavy atom. The van der Waals surface area contributed by atoms with Gasteiger partial charge in [0.15, 0.2) is 0 Å². The van der Waals surface area contributed by atoms with Gasteiger partial charge in [-0.1, -0.05) is 0 Å². The van der Waals surface area contributed by atoms with E-state index in [1.165, 1.54) is 6.92 Å². The minimum absolute atomic E-state index is 0.201. The van der Waals surface area contributed by atoms with E-state index in [0.717, 1.165) is 0 Å². The molecule has 0 radical (unpaired) electrons. The van der Waals surface area contributed by atoms with Crippen LogP contribution in [0.3, 0.4) is 0 Å². The molecule has 0 aromatic heterocycles. The lowest BCUT2D eigenvalue weighted by molar-refractivity contribution is 0.484. The standard InChI is InChI=1S/C2H8N2.C2H6O3S/c3-1-2-4;1-2-6(3,4)5/h1-4H2;2H2,1H3,(H,3,4,5). The highest BCUT2D eigenvalue weighted by atomic mass is 32.2. The molecule has 0 rings (SSSR count). The molecule has 0 fully saturated rings. The molecule has 0 aliphatic rings. The van der Waals surface area contributed by atoms with Crippen LogP contribution in [-0.4, -0.2) is 31.8 Å². The average molecular weight is 170 g/mol. The SMILES string of the molecule is CCS(=O)(=O)O.NCCN. The van der Waals surface area contributed by atoms with Gasteiger partial charge in [0, 0.05) is 13.1 Å². The Morgan fingerprint density at radius 3 is 1.50 bits per heavy atom. The predicted molar refractivity (Wildman–Crippen MR) is 40.2 cm³/mol. The fraction of sp³-hybridized carbons (Fsp3) is 1.00. The highest BCUT2D eigenvalue weighted by molar-refractivity contribution is 7.85. The first-order valence-corrected chi connectivity index (χ1v) is 4.44. The Hall–Kier alpha value is -0.170. The minimum Gasteiger partial charge on any atom is -0.329 e. The number of nitrogens with two attached hydrogens (primary N) is 2. The molecule has 0 heterocycles. The van der Waals surface area contributed by atoms with Crippen molar-refractivity contribution in [1.82, 2.24) is 0 Å². The number of hydrogen-bond donors (Lipinski definition) is 3. The van der Waals surface area contributed by atoms with Crippen LogP contribution in [0.15, 0.2) is 0 Å². The molecule has 0 aliphatic heterocycles. The van der Waals surface area contributed by atoms with Crippen LogP contribution in [0, 0.1) is 0 Å². The molecule has 5 nitrogen and oxygen atoms in total. The van der Waals surface area contributed by atoms with E-state index in [4.69, 9.17) is 16.0 Å². The van der Waals surface area contributed by atoms with Crippen LogP contribution in [0.2, 0.25) is 0 Å². The number of rotatable bonds is 2. The first kappa shape index (κ1) is 12.5. The van der Waals surface area contributed by atoms with E-state index in [0.29, 0.717) is 13.1 Å². The fourth-order valence-electron chi connectivity index (χ4n) is 0. The summed E-state index contributed by atoms with van der Waals surface area (Å²) in [6.45, 7) is 2.56. The maximum Gasteiger partial charge on any atom is 0.264 e. The molecule has 64 valence electrons. The van der Waals surface area contributed by atoms with Crippen LogP contribution >= 0.6 is 0 Å². The Morgan fingerprint density at radius 1 is 1.30 bits per heavy atom. The summed E-state index contributed by atoms with van der Waals surface area (Å²) in [5, 5.41) is 0. The summed E-state index contributed by atoms with van der Waals surface area (Å²) in [6, 6.07) is 0. The van der Waals surface area contributed by atoms with Crippen molar-refractivity contribution in [3.63, 3.8) is 0 Å². The summed E-state index contributed by atoms with van der Waals surface area (Å²) in [7, 11) is -3.66. The van der Waals surface area contributed by atoms with Gasteiger partial charge < -0.3 is 11.5 Å². The topological polar surface area (TPSA) is 106 Å². The van der Waals surface area contributed by atoms with Crippen LogP contribution < -0.4 is 11.5 Å². The van der Waals surface area contributed by atoms with E-state index in [-0.39, 0.29) is 5.75 Å². The quantitative estimate of drug-likeness (QED) is 0.451.